The Morgan fingerprint density at radius 1 is 0.879 bits per heavy atom. The first kappa shape index (κ1) is 22.1. The zero-order chi connectivity index (χ0) is 23.0. The molecule has 0 amide bonds. The molecule has 1 N–H and O–H groups in total. The molecule has 6 heteroatoms. The van der Waals surface area contributed by atoms with E-state index in [0.717, 1.165) is 36.4 Å². The summed E-state index contributed by atoms with van der Waals surface area (Å²) in [6.45, 7) is 2.27. The first-order chi connectivity index (χ1) is 15.9. The average Bonchev–Trinajstić information content (AvgIpc) is 3.18. The Labute approximate surface area is 196 Å². The molecule has 1 saturated heterocycles. The zero-order valence-corrected chi connectivity index (χ0v) is 18.8. The number of aromatic nitrogens is 1. The summed E-state index contributed by atoms with van der Waals surface area (Å²) in [5, 5.41) is 1.87. The topological polar surface area (TPSA) is 19.0 Å². The molecule has 1 aliphatic rings. The van der Waals surface area contributed by atoms with E-state index < -0.39 is 11.7 Å². The molecular formula is C27H24ClF3N2. The third kappa shape index (κ3) is 4.53. The molecule has 1 fully saturated rings. The van der Waals surface area contributed by atoms with Crippen LogP contribution in [0.1, 0.15) is 35.4 Å². The standard InChI is InChI=1S/C27H24ClF3N2/c28-20-11-9-19(10-12-20)26-23(22-6-2-4-8-25(22)32-26)17-33-15-13-18(14-16-33)21-5-1-3-7-24(21)27(29,30)31/h1-12,18,32H,13-17H2. The van der Waals surface area contributed by atoms with Crippen LogP contribution in [-0.2, 0) is 12.7 Å². The third-order valence-corrected chi connectivity index (χ3v) is 6.87. The fraction of sp³-hybridized carbons (Fsp3) is 0.259. The third-order valence-electron chi connectivity index (χ3n) is 6.62. The molecule has 2 nitrogen and oxygen atoms in total. The minimum atomic E-state index is -4.31. The number of hydrogen-bond donors (Lipinski definition) is 1. The zero-order valence-electron chi connectivity index (χ0n) is 18.0. The molecule has 0 bridgehead atoms. The molecule has 3 aromatic carbocycles. The smallest absolute Gasteiger partial charge is 0.354 e. The molecule has 1 aliphatic heterocycles. The van der Waals surface area contributed by atoms with Gasteiger partial charge < -0.3 is 4.98 Å². The summed E-state index contributed by atoms with van der Waals surface area (Å²) in [6.07, 6.45) is -2.89. The summed E-state index contributed by atoms with van der Waals surface area (Å²) in [5.74, 6) is -0.0715. The van der Waals surface area contributed by atoms with E-state index in [1.165, 1.54) is 23.1 Å². The van der Waals surface area contributed by atoms with Crippen LogP contribution >= 0.6 is 11.6 Å². The van der Waals surface area contributed by atoms with Crippen molar-refractivity contribution < 1.29 is 13.2 Å². The minimum absolute atomic E-state index is 0.0715. The number of rotatable bonds is 4. The molecule has 170 valence electrons. The van der Waals surface area contributed by atoms with E-state index in [1.807, 2.05) is 36.4 Å². The molecule has 1 aromatic heterocycles. The van der Waals surface area contributed by atoms with Crippen LogP contribution < -0.4 is 0 Å². The van der Waals surface area contributed by atoms with Crippen LogP contribution in [0.15, 0.2) is 72.8 Å². The predicted molar refractivity (Wildman–Crippen MR) is 127 cm³/mol. The van der Waals surface area contributed by atoms with E-state index in [-0.39, 0.29) is 5.92 Å². The number of H-pyrrole nitrogens is 1. The highest BCUT2D eigenvalue weighted by molar-refractivity contribution is 6.30. The molecule has 0 atom stereocenters. The second kappa shape index (κ2) is 8.88. The van der Waals surface area contributed by atoms with Crippen molar-refractivity contribution in [1.82, 2.24) is 9.88 Å². The first-order valence-corrected chi connectivity index (χ1v) is 11.5. The molecule has 0 spiro atoms. The maximum Gasteiger partial charge on any atom is 0.416 e. The van der Waals surface area contributed by atoms with Gasteiger partial charge in [-0.15, -0.1) is 0 Å². The van der Waals surface area contributed by atoms with E-state index in [1.54, 1.807) is 12.1 Å². The van der Waals surface area contributed by atoms with Gasteiger partial charge >= 0.3 is 6.18 Å². The fourth-order valence-corrected chi connectivity index (χ4v) is 5.09. The Hall–Kier alpha value is -2.76. The molecule has 0 aliphatic carbocycles. The lowest BCUT2D eigenvalue weighted by atomic mass is 9.86. The SMILES string of the molecule is FC(F)(F)c1ccccc1C1CCN(Cc2c(-c3ccc(Cl)cc3)[nH]c3ccccc23)CC1. The number of halogens is 4. The average molecular weight is 469 g/mol. The number of para-hydroxylation sites is 1. The second-order valence-corrected chi connectivity index (χ2v) is 9.10. The van der Waals surface area contributed by atoms with Crippen molar-refractivity contribution in [3.8, 4) is 11.3 Å². The Morgan fingerprint density at radius 3 is 2.27 bits per heavy atom. The maximum absolute atomic E-state index is 13.5. The summed E-state index contributed by atoms with van der Waals surface area (Å²) in [5.41, 5.74) is 4.36. The van der Waals surface area contributed by atoms with Crippen molar-refractivity contribution in [2.45, 2.75) is 31.5 Å². The van der Waals surface area contributed by atoms with Gasteiger partial charge in [-0.3, -0.25) is 4.90 Å². The fourth-order valence-electron chi connectivity index (χ4n) is 4.96. The highest BCUT2D eigenvalue weighted by atomic mass is 35.5. The molecule has 2 heterocycles. The van der Waals surface area contributed by atoms with Crippen LogP contribution in [0, 0.1) is 0 Å². The van der Waals surface area contributed by atoms with Crippen molar-refractivity contribution in [3.05, 3.63) is 94.5 Å². The summed E-state index contributed by atoms with van der Waals surface area (Å²) in [4.78, 5) is 5.90. The van der Waals surface area contributed by atoms with Crippen LogP contribution in [0.2, 0.25) is 5.02 Å². The summed E-state index contributed by atoms with van der Waals surface area (Å²) in [6, 6.07) is 22.0. The minimum Gasteiger partial charge on any atom is -0.354 e. The van der Waals surface area contributed by atoms with E-state index in [2.05, 4.69) is 22.0 Å². The second-order valence-electron chi connectivity index (χ2n) is 8.67. The number of nitrogens with zero attached hydrogens (tertiary/aromatic N) is 1. The molecule has 4 aromatic rings. The Kier molecular flexibility index (Phi) is 5.94. The van der Waals surface area contributed by atoms with Gasteiger partial charge in [0.25, 0.3) is 0 Å². The van der Waals surface area contributed by atoms with Gasteiger partial charge in [0, 0.05) is 22.5 Å². The monoisotopic (exact) mass is 468 g/mol. The summed E-state index contributed by atoms with van der Waals surface area (Å²) < 4.78 is 40.5. The van der Waals surface area contributed by atoms with Gasteiger partial charge in [-0.25, -0.2) is 0 Å². The summed E-state index contributed by atoms with van der Waals surface area (Å²) in [7, 11) is 0. The number of alkyl halides is 3. The number of aromatic amines is 1. The van der Waals surface area contributed by atoms with E-state index >= 15 is 0 Å². The van der Waals surface area contributed by atoms with Crippen LogP contribution in [0.25, 0.3) is 22.2 Å². The quantitative estimate of drug-likeness (QED) is 0.322. The molecule has 0 unspecified atom stereocenters. The molecular weight excluding hydrogens is 445 g/mol. The van der Waals surface area contributed by atoms with Gasteiger partial charge in [0.15, 0.2) is 0 Å². The number of benzene rings is 3. The maximum atomic E-state index is 13.5. The van der Waals surface area contributed by atoms with Crippen LogP contribution in [-0.4, -0.2) is 23.0 Å². The van der Waals surface area contributed by atoms with Crippen molar-refractivity contribution in [1.29, 1.82) is 0 Å². The molecule has 33 heavy (non-hydrogen) atoms. The van der Waals surface area contributed by atoms with E-state index in [9.17, 15) is 13.2 Å². The van der Waals surface area contributed by atoms with Gasteiger partial charge in [-0.1, -0.05) is 60.1 Å². The van der Waals surface area contributed by atoms with Crippen molar-refractivity contribution in [3.63, 3.8) is 0 Å². The molecule has 5 rings (SSSR count). The number of nitrogens with one attached hydrogen (secondary N) is 1. The number of piperidine rings is 1. The largest absolute Gasteiger partial charge is 0.416 e. The van der Waals surface area contributed by atoms with Gasteiger partial charge in [0.05, 0.1) is 11.3 Å². The van der Waals surface area contributed by atoms with Crippen molar-refractivity contribution in [2.24, 2.45) is 0 Å². The lowest BCUT2D eigenvalue weighted by molar-refractivity contribution is -0.138. The van der Waals surface area contributed by atoms with E-state index in [4.69, 9.17) is 11.6 Å². The van der Waals surface area contributed by atoms with Gasteiger partial charge in [-0.05, 0) is 72.8 Å². The van der Waals surface area contributed by atoms with Gasteiger partial charge in [0.1, 0.15) is 0 Å². The molecule has 0 radical (unpaired) electrons. The lowest BCUT2D eigenvalue weighted by Gasteiger charge is -2.33. The predicted octanol–water partition coefficient (Wildman–Crippen LogP) is 7.89. The highest BCUT2D eigenvalue weighted by Gasteiger charge is 2.35. The number of fused-ring (bicyclic) bond motifs is 1. The van der Waals surface area contributed by atoms with Gasteiger partial charge in [0.2, 0.25) is 0 Å². The van der Waals surface area contributed by atoms with Crippen LogP contribution in [0.3, 0.4) is 0 Å². The Bertz CT molecular complexity index is 1250. The molecule has 0 saturated carbocycles. The number of hydrogen-bond acceptors (Lipinski definition) is 1. The van der Waals surface area contributed by atoms with Crippen LogP contribution in [0.5, 0.6) is 0 Å². The normalized spacial score (nSPS) is 15.9. The lowest BCUT2D eigenvalue weighted by Crippen LogP contribution is -2.33. The Balaban J connectivity index is 1.38. The highest BCUT2D eigenvalue weighted by Crippen LogP contribution is 2.39. The van der Waals surface area contributed by atoms with Gasteiger partial charge in [-0.2, -0.15) is 13.2 Å². The van der Waals surface area contributed by atoms with Crippen molar-refractivity contribution >= 4 is 22.5 Å². The van der Waals surface area contributed by atoms with Crippen molar-refractivity contribution in [2.75, 3.05) is 13.1 Å². The summed E-state index contributed by atoms with van der Waals surface area (Å²) >= 11 is 6.09. The number of likely N-dealkylation sites (tertiary alicyclic amines) is 1. The van der Waals surface area contributed by atoms with E-state index in [0.29, 0.717) is 23.4 Å². The Morgan fingerprint density at radius 2 is 1.55 bits per heavy atom. The first-order valence-electron chi connectivity index (χ1n) is 11.1. The van der Waals surface area contributed by atoms with Crippen LogP contribution in [0.4, 0.5) is 13.2 Å².